The number of hydrogen-bond donors (Lipinski definition) is 0. The molecular weight excluding hydrogens is 408 g/mol. The zero-order valence-electron chi connectivity index (χ0n) is 17.3. The highest BCUT2D eigenvalue weighted by atomic mass is 35.5. The van der Waals surface area contributed by atoms with Crippen molar-refractivity contribution < 1.29 is 4.79 Å². The van der Waals surface area contributed by atoms with Gasteiger partial charge in [-0.3, -0.25) is 9.78 Å². The molecule has 0 saturated heterocycles. The topological polar surface area (TPSA) is 59.0 Å². The summed E-state index contributed by atoms with van der Waals surface area (Å²) in [6, 6.07) is 18.8. The van der Waals surface area contributed by atoms with Crippen molar-refractivity contribution >= 4 is 23.2 Å². The van der Waals surface area contributed by atoms with E-state index in [-0.39, 0.29) is 5.91 Å². The Morgan fingerprint density at radius 3 is 2.65 bits per heavy atom. The number of aromatic nitrogens is 3. The number of nitrogens with zero attached hydrogens (tertiary/aromatic N) is 4. The summed E-state index contributed by atoms with van der Waals surface area (Å²) in [6.07, 6.45) is 5.61. The molecule has 0 bridgehead atoms. The highest BCUT2D eigenvalue weighted by Crippen LogP contribution is 2.25. The summed E-state index contributed by atoms with van der Waals surface area (Å²) in [6.45, 7) is 2.04. The molecule has 6 heteroatoms. The van der Waals surface area contributed by atoms with Crippen molar-refractivity contribution in [1.29, 1.82) is 0 Å². The Morgan fingerprint density at radius 2 is 1.87 bits per heavy atom. The Bertz CT molecular complexity index is 1230. The van der Waals surface area contributed by atoms with Gasteiger partial charge in [-0.2, -0.15) is 0 Å². The number of carbonyl (C=O) groups excluding carboxylic acids is 1. The number of halogens is 1. The maximum absolute atomic E-state index is 13.1. The molecule has 0 unspecified atom stereocenters. The van der Waals surface area contributed by atoms with Gasteiger partial charge in [0.25, 0.3) is 5.91 Å². The third-order valence-corrected chi connectivity index (χ3v) is 5.44. The summed E-state index contributed by atoms with van der Waals surface area (Å²) < 4.78 is 0. The van der Waals surface area contributed by atoms with Gasteiger partial charge in [0.15, 0.2) is 0 Å². The maximum atomic E-state index is 13.1. The van der Waals surface area contributed by atoms with Gasteiger partial charge in [-0.25, -0.2) is 9.97 Å². The average molecular weight is 429 g/mol. The van der Waals surface area contributed by atoms with Crippen LogP contribution in [0.15, 0.2) is 79.4 Å². The molecule has 0 radical (unpaired) electrons. The lowest BCUT2D eigenvalue weighted by molar-refractivity contribution is 0.0993. The zero-order chi connectivity index (χ0) is 21.8. The summed E-state index contributed by atoms with van der Waals surface area (Å²) in [5.74, 6) is -0.0967. The Hall–Kier alpha value is -3.57. The lowest BCUT2D eigenvalue weighted by Gasteiger charge is -2.19. The van der Waals surface area contributed by atoms with E-state index in [1.165, 1.54) is 6.33 Å². The van der Waals surface area contributed by atoms with Crippen molar-refractivity contribution in [3.63, 3.8) is 0 Å². The first-order chi connectivity index (χ1) is 15.0. The summed E-state index contributed by atoms with van der Waals surface area (Å²) in [5.41, 5.74) is 6.18. The van der Waals surface area contributed by atoms with Gasteiger partial charge in [0.1, 0.15) is 6.33 Å². The number of carbonyl (C=O) groups is 1. The highest BCUT2D eigenvalue weighted by molar-refractivity contribution is 6.31. The van der Waals surface area contributed by atoms with Crippen LogP contribution in [0.3, 0.4) is 0 Å². The number of pyridine rings is 1. The molecule has 0 aliphatic heterocycles. The SMILES string of the molecule is Cc1ccc(C(=O)N(C)c2cccc(Cl)c2)cc1Cc1ncccc1-c1ccncn1. The molecule has 2 aromatic heterocycles. The van der Waals surface area contributed by atoms with Gasteiger partial charge in [0.2, 0.25) is 0 Å². The van der Waals surface area contributed by atoms with Crippen molar-refractivity contribution in [2.24, 2.45) is 0 Å². The first kappa shape index (κ1) is 20.7. The molecule has 0 atom stereocenters. The predicted octanol–water partition coefficient (Wildman–Crippen LogP) is 5.37. The van der Waals surface area contributed by atoms with Crippen molar-refractivity contribution in [2.45, 2.75) is 13.3 Å². The third-order valence-electron chi connectivity index (χ3n) is 5.20. The fraction of sp³-hybridized carbons (Fsp3) is 0.120. The average Bonchev–Trinajstić information content (AvgIpc) is 2.80. The molecule has 0 saturated carbocycles. The van der Waals surface area contributed by atoms with Gasteiger partial charge in [-0.15, -0.1) is 0 Å². The molecule has 154 valence electrons. The number of rotatable bonds is 5. The van der Waals surface area contributed by atoms with E-state index in [0.717, 1.165) is 33.8 Å². The minimum absolute atomic E-state index is 0.0967. The van der Waals surface area contributed by atoms with Crippen LogP contribution in [-0.4, -0.2) is 27.9 Å². The zero-order valence-corrected chi connectivity index (χ0v) is 18.0. The molecule has 1 amide bonds. The van der Waals surface area contributed by atoms with Crippen LogP contribution in [0.4, 0.5) is 5.69 Å². The van der Waals surface area contributed by atoms with E-state index < -0.39 is 0 Å². The quantitative estimate of drug-likeness (QED) is 0.429. The number of amides is 1. The number of anilines is 1. The lowest BCUT2D eigenvalue weighted by Crippen LogP contribution is -2.26. The van der Waals surface area contributed by atoms with Gasteiger partial charge in [-0.05, 0) is 66.6 Å². The number of aryl methyl sites for hydroxylation is 1. The summed E-state index contributed by atoms with van der Waals surface area (Å²) in [4.78, 5) is 27.7. The number of hydrogen-bond acceptors (Lipinski definition) is 4. The van der Waals surface area contributed by atoms with Crippen LogP contribution in [0.2, 0.25) is 5.02 Å². The first-order valence-electron chi connectivity index (χ1n) is 9.86. The first-order valence-corrected chi connectivity index (χ1v) is 10.2. The predicted molar refractivity (Wildman–Crippen MR) is 123 cm³/mol. The molecule has 4 rings (SSSR count). The molecular formula is C25H21ClN4O. The summed E-state index contributed by atoms with van der Waals surface area (Å²) in [7, 11) is 1.75. The second kappa shape index (κ2) is 9.06. The van der Waals surface area contributed by atoms with Crippen LogP contribution in [0.25, 0.3) is 11.3 Å². The van der Waals surface area contributed by atoms with Crippen LogP contribution in [0.5, 0.6) is 0 Å². The minimum atomic E-state index is -0.0967. The standard InChI is InChI=1S/C25H21ClN4O/c1-17-8-9-18(25(31)30(2)21-6-3-5-20(26)15-21)13-19(17)14-24-22(7-4-11-28-24)23-10-12-27-16-29-23/h3-13,15-16H,14H2,1-2H3. The second-order valence-electron chi connectivity index (χ2n) is 7.25. The maximum Gasteiger partial charge on any atom is 0.258 e. The number of benzene rings is 2. The van der Waals surface area contributed by atoms with Gasteiger partial charge >= 0.3 is 0 Å². The molecule has 2 heterocycles. The molecule has 2 aromatic carbocycles. The van der Waals surface area contributed by atoms with Crippen LogP contribution in [0, 0.1) is 6.92 Å². The Labute approximate surface area is 186 Å². The summed E-state index contributed by atoms with van der Waals surface area (Å²) in [5, 5.41) is 0.592. The molecule has 4 aromatic rings. The van der Waals surface area contributed by atoms with Crippen molar-refractivity contribution in [3.8, 4) is 11.3 Å². The highest BCUT2D eigenvalue weighted by Gasteiger charge is 2.16. The fourth-order valence-electron chi connectivity index (χ4n) is 3.43. The monoisotopic (exact) mass is 428 g/mol. The van der Waals surface area contributed by atoms with E-state index in [4.69, 9.17) is 11.6 Å². The summed E-state index contributed by atoms with van der Waals surface area (Å²) >= 11 is 6.09. The normalized spacial score (nSPS) is 10.7. The van der Waals surface area contributed by atoms with Gasteiger partial charge in [0.05, 0.1) is 11.4 Å². The van der Waals surface area contributed by atoms with Crippen molar-refractivity contribution in [3.05, 3.63) is 107 Å². The van der Waals surface area contributed by atoms with Gasteiger partial charge < -0.3 is 4.90 Å². The van der Waals surface area contributed by atoms with Crippen LogP contribution in [-0.2, 0) is 6.42 Å². The smallest absolute Gasteiger partial charge is 0.258 e. The largest absolute Gasteiger partial charge is 0.311 e. The van der Waals surface area contributed by atoms with E-state index in [2.05, 4.69) is 15.0 Å². The molecule has 0 N–H and O–H groups in total. The van der Waals surface area contributed by atoms with Crippen LogP contribution >= 0.6 is 11.6 Å². The Morgan fingerprint density at radius 1 is 1.00 bits per heavy atom. The van der Waals surface area contributed by atoms with E-state index >= 15 is 0 Å². The molecule has 31 heavy (non-hydrogen) atoms. The van der Waals surface area contributed by atoms with E-state index in [9.17, 15) is 4.79 Å². The van der Waals surface area contributed by atoms with Gasteiger partial charge in [0, 0.05) is 47.7 Å². The third kappa shape index (κ3) is 4.62. The lowest BCUT2D eigenvalue weighted by atomic mass is 9.97. The van der Waals surface area contributed by atoms with Crippen LogP contribution in [0.1, 0.15) is 27.2 Å². The minimum Gasteiger partial charge on any atom is -0.311 e. The van der Waals surface area contributed by atoms with Gasteiger partial charge in [-0.1, -0.05) is 23.7 Å². The van der Waals surface area contributed by atoms with E-state index in [0.29, 0.717) is 17.0 Å². The molecule has 5 nitrogen and oxygen atoms in total. The van der Waals surface area contributed by atoms with Crippen molar-refractivity contribution in [2.75, 3.05) is 11.9 Å². The van der Waals surface area contributed by atoms with E-state index in [1.54, 1.807) is 36.5 Å². The molecule has 0 fully saturated rings. The second-order valence-corrected chi connectivity index (χ2v) is 7.69. The molecule has 0 spiro atoms. The van der Waals surface area contributed by atoms with Crippen LogP contribution < -0.4 is 4.90 Å². The molecule has 0 aliphatic carbocycles. The van der Waals surface area contributed by atoms with E-state index in [1.807, 2.05) is 55.5 Å². The molecule has 0 aliphatic rings. The fourth-order valence-corrected chi connectivity index (χ4v) is 3.62. The Kier molecular flexibility index (Phi) is 6.05. The van der Waals surface area contributed by atoms with Crippen molar-refractivity contribution in [1.82, 2.24) is 15.0 Å². The Balaban J connectivity index is 1.65.